The van der Waals surface area contributed by atoms with Crippen molar-refractivity contribution in [1.82, 2.24) is 4.72 Å². The van der Waals surface area contributed by atoms with Crippen LogP contribution in [0.15, 0.2) is 41.3 Å². The molecule has 9 heteroatoms. The van der Waals surface area contributed by atoms with Crippen molar-refractivity contribution >= 4 is 33.2 Å². The Kier molecular flexibility index (Phi) is 6.79. The van der Waals surface area contributed by atoms with Gasteiger partial charge in [-0.15, -0.1) is 0 Å². The minimum atomic E-state index is -3.96. The van der Waals surface area contributed by atoms with Crippen molar-refractivity contribution in [1.29, 1.82) is 0 Å². The molecule has 1 aliphatic carbocycles. The largest absolute Gasteiger partial charge is 0.319 e. The van der Waals surface area contributed by atoms with Crippen molar-refractivity contribution in [2.24, 2.45) is 11.8 Å². The molecule has 0 saturated heterocycles. The molecule has 1 saturated carbocycles. The molecule has 2 aromatic rings. The van der Waals surface area contributed by atoms with E-state index >= 15 is 0 Å². The molecule has 0 heterocycles. The molecule has 30 heavy (non-hydrogen) atoms. The number of rotatable bonds is 5. The number of sulfonamides is 1. The topological polar surface area (TPSA) is 75.3 Å². The maximum absolute atomic E-state index is 14.3. The van der Waals surface area contributed by atoms with E-state index in [4.69, 9.17) is 11.6 Å². The Morgan fingerprint density at radius 3 is 2.50 bits per heavy atom. The number of hydrogen-bond acceptors (Lipinski definition) is 3. The van der Waals surface area contributed by atoms with E-state index < -0.39 is 33.1 Å². The van der Waals surface area contributed by atoms with Crippen molar-refractivity contribution in [3.63, 3.8) is 0 Å². The number of carbonyl (C=O) groups excluding carboxylic acids is 1. The Morgan fingerprint density at radius 1 is 1.07 bits per heavy atom. The van der Waals surface area contributed by atoms with Gasteiger partial charge in [-0.3, -0.25) is 4.79 Å². The van der Waals surface area contributed by atoms with Gasteiger partial charge in [0.05, 0.1) is 16.1 Å². The molecule has 1 fully saturated rings. The minimum absolute atomic E-state index is 0.141. The molecule has 0 unspecified atom stereocenters. The summed E-state index contributed by atoms with van der Waals surface area (Å²) >= 11 is 5.68. The average Bonchev–Trinajstić information content (AvgIpc) is 2.67. The predicted octanol–water partition coefficient (Wildman–Crippen LogP) is 4.97. The fourth-order valence-electron chi connectivity index (χ4n) is 3.64. The number of carbonyl (C=O) groups is 1. The normalized spacial score (nSPS) is 22.0. The molecular weight excluding hydrogens is 434 g/mol. The SMILES string of the molecule is C[C@@H]1[C@H](C)CCC[C@@H]1NS(=O)(=O)c1ccc(F)c(C(=O)Nc2ccc(Cl)cc2F)c1. The number of nitrogens with one attached hydrogen (secondary N) is 2. The molecule has 5 nitrogen and oxygen atoms in total. The molecule has 0 radical (unpaired) electrons. The molecule has 2 N–H and O–H groups in total. The van der Waals surface area contributed by atoms with Crippen LogP contribution in [0.4, 0.5) is 14.5 Å². The van der Waals surface area contributed by atoms with Gasteiger partial charge in [0.15, 0.2) is 0 Å². The lowest BCUT2D eigenvalue weighted by molar-refractivity contribution is 0.102. The molecule has 162 valence electrons. The van der Waals surface area contributed by atoms with Crippen LogP contribution in [-0.2, 0) is 10.0 Å². The van der Waals surface area contributed by atoms with Crippen LogP contribution in [0, 0.1) is 23.5 Å². The molecule has 0 aliphatic heterocycles. The summed E-state index contributed by atoms with van der Waals surface area (Å²) in [5, 5.41) is 2.38. The van der Waals surface area contributed by atoms with Gasteiger partial charge >= 0.3 is 0 Å². The summed E-state index contributed by atoms with van der Waals surface area (Å²) in [5.74, 6) is -2.13. The first-order valence-corrected chi connectivity index (χ1v) is 11.5. The second-order valence-corrected chi connectivity index (χ2v) is 9.87. The Labute approximate surface area is 179 Å². The molecule has 1 amide bonds. The summed E-state index contributed by atoms with van der Waals surface area (Å²) in [5.41, 5.74) is -0.697. The van der Waals surface area contributed by atoms with Gasteiger partial charge in [0.1, 0.15) is 11.6 Å². The first-order chi connectivity index (χ1) is 14.1. The molecule has 0 bridgehead atoms. The Hall–Kier alpha value is -2.03. The van der Waals surface area contributed by atoms with E-state index in [9.17, 15) is 22.0 Å². The lowest BCUT2D eigenvalue weighted by Gasteiger charge is -2.34. The molecule has 1 aliphatic rings. The van der Waals surface area contributed by atoms with Crippen molar-refractivity contribution in [2.75, 3.05) is 5.32 Å². The lowest BCUT2D eigenvalue weighted by atomic mass is 9.78. The molecule has 0 aromatic heterocycles. The first-order valence-electron chi connectivity index (χ1n) is 9.67. The summed E-state index contributed by atoms with van der Waals surface area (Å²) in [7, 11) is -3.96. The van der Waals surface area contributed by atoms with Crippen LogP contribution in [0.3, 0.4) is 0 Å². The smallest absolute Gasteiger partial charge is 0.258 e. The van der Waals surface area contributed by atoms with Gasteiger partial charge in [0.2, 0.25) is 10.0 Å². The van der Waals surface area contributed by atoms with Crippen molar-refractivity contribution < 1.29 is 22.0 Å². The van der Waals surface area contributed by atoms with Gasteiger partial charge in [0.25, 0.3) is 5.91 Å². The maximum Gasteiger partial charge on any atom is 0.258 e. The number of halogens is 3. The van der Waals surface area contributed by atoms with Crippen LogP contribution in [-0.4, -0.2) is 20.4 Å². The molecule has 2 aromatic carbocycles. The van der Waals surface area contributed by atoms with Gasteiger partial charge in [0, 0.05) is 11.1 Å². The Balaban J connectivity index is 1.84. The van der Waals surface area contributed by atoms with Crippen molar-refractivity contribution in [3.05, 3.63) is 58.6 Å². The van der Waals surface area contributed by atoms with E-state index in [2.05, 4.69) is 17.0 Å². The summed E-state index contributed by atoms with van der Waals surface area (Å²) in [6.07, 6.45) is 2.68. The van der Waals surface area contributed by atoms with Gasteiger partial charge in [-0.05, 0) is 54.7 Å². The van der Waals surface area contributed by atoms with Gasteiger partial charge in [-0.2, -0.15) is 0 Å². The van der Waals surface area contributed by atoms with E-state index in [0.29, 0.717) is 5.92 Å². The Morgan fingerprint density at radius 2 is 1.80 bits per heavy atom. The van der Waals surface area contributed by atoms with E-state index in [1.54, 1.807) is 0 Å². The summed E-state index contributed by atoms with van der Waals surface area (Å²) in [6.45, 7) is 4.09. The standard InChI is InChI=1S/C21H23ClF2N2O3S/c1-12-4-3-5-19(13(12)2)26-30(28,29)15-7-8-17(23)16(11-15)21(27)25-20-9-6-14(22)10-18(20)24/h6-13,19,26H,3-5H2,1-2H3,(H,25,27)/t12-,13-,19+/m1/s1. The second-order valence-electron chi connectivity index (χ2n) is 7.72. The van der Waals surface area contributed by atoms with E-state index in [0.717, 1.165) is 43.5 Å². The first kappa shape index (κ1) is 22.7. The van der Waals surface area contributed by atoms with E-state index in [1.165, 1.54) is 12.1 Å². The van der Waals surface area contributed by atoms with Crippen LogP contribution in [0.2, 0.25) is 5.02 Å². The minimum Gasteiger partial charge on any atom is -0.319 e. The zero-order valence-corrected chi connectivity index (χ0v) is 18.2. The van der Waals surface area contributed by atoms with E-state index in [1.807, 2.05) is 6.92 Å². The third kappa shape index (κ3) is 4.99. The molecule has 3 rings (SSSR count). The fourth-order valence-corrected chi connectivity index (χ4v) is 5.19. The maximum atomic E-state index is 14.3. The molecule has 0 spiro atoms. The highest BCUT2D eigenvalue weighted by Crippen LogP contribution is 2.30. The van der Waals surface area contributed by atoms with Crippen molar-refractivity contribution in [3.8, 4) is 0 Å². The highest BCUT2D eigenvalue weighted by Gasteiger charge is 2.31. The zero-order valence-electron chi connectivity index (χ0n) is 16.6. The van der Waals surface area contributed by atoms with Crippen LogP contribution in [0.1, 0.15) is 43.5 Å². The van der Waals surface area contributed by atoms with E-state index in [-0.39, 0.29) is 27.6 Å². The van der Waals surface area contributed by atoms with Crippen LogP contribution in [0.5, 0.6) is 0 Å². The predicted molar refractivity (Wildman–Crippen MR) is 112 cm³/mol. The number of anilines is 1. The highest BCUT2D eigenvalue weighted by atomic mass is 35.5. The third-order valence-electron chi connectivity index (χ3n) is 5.69. The number of amides is 1. The highest BCUT2D eigenvalue weighted by molar-refractivity contribution is 7.89. The van der Waals surface area contributed by atoms with Crippen LogP contribution < -0.4 is 10.0 Å². The monoisotopic (exact) mass is 456 g/mol. The van der Waals surface area contributed by atoms with Gasteiger partial charge in [-0.1, -0.05) is 38.3 Å². The fraction of sp³-hybridized carbons (Fsp3) is 0.381. The zero-order chi connectivity index (χ0) is 22.1. The third-order valence-corrected chi connectivity index (χ3v) is 7.41. The number of hydrogen-bond donors (Lipinski definition) is 2. The summed E-state index contributed by atoms with van der Waals surface area (Å²) < 4.78 is 56.6. The number of benzene rings is 2. The van der Waals surface area contributed by atoms with Gasteiger partial charge in [-0.25, -0.2) is 21.9 Å². The quantitative estimate of drug-likeness (QED) is 0.666. The van der Waals surface area contributed by atoms with Crippen LogP contribution >= 0.6 is 11.6 Å². The lowest BCUT2D eigenvalue weighted by Crippen LogP contribution is -2.43. The van der Waals surface area contributed by atoms with Crippen LogP contribution in [0.25, 0.3) is 0 Å². The molecule has 3 atom stereocenters. The second kappa shape index (κ2) is 8.99. The summed E-state index contributed by atoms with van der Waals surface area (Å²) in [4.78, 5) is 12.2. The van der Waals surface area contributed by atoms with Gasteiger partial charge < -0.3 is 5.32 Å². The molecular formula is C21H23ClF2N2O3S. The Bertz CT molecular complexity index is 1060. The van der Waals surface area contributed by atoms with Crippen molar-refractivity contribution in [2.45, 2.75) is 44.0 Å². The summed E-state index contributed by atoms with van der Waals surface area (Å²) in [6, 6.07) is 6.35. The average molecular weight is 457 g/mol.